The van der Waals surface area contributed by atoms with Crippen molar-refractivity contribution in [3.05, 3.63) is 35.9 Å². The number of carbonyl (C=O) groups excluding carboxylic acids is 3. The highest BCUT2D eigenvalue weighted by Gasteiger charge is 2.30. The van der Waals surface area contributed by atoms with Crippen LogP contribution in [0, 0.1) is 11.8 Å². The van der Waals surface area contributed by atoms with Crippen LogP contribution in [0.3, 0.4) is 0 Å². The average Bonchev–Trinajstić information content (AvgIpc) is 2.69. The molecule has 0 aliphatic heterocycles. The van der Waals surface area contributed by atoms with Crippen molar-refractivity contribution in [2.45, 2.75) is 52.2 Å². The Hall–Kier alpha value is -2.94. The van der Waals surface area contributed by atoms with Gasteiger partial charge in [0.15, 0.2) is 0 Å². The van der Waals surface area contributed by atoms with Crippen molar-refractivity contribution in [2.75, 3.05) is 6.54 Å². The Balaban J connectivity index is 2.96. The van der Waals surface area contributed by atoms with Crippen LogP contribution in [-0.2, 0) is 25.6 Å². The van der Waals surface area contributed by atoms with Crippen LogP contribution in [-0.4, -0.2) is 53.5 Å². The number of hydrogen-bond donors (Lipinski definition) is 5. The van der Waals surface area contributed by atoms with E-state index in [1.165, 1.54) is 0 Å². The predicted molar refractivity (Wildman–Crippen MR) is 112 cm³/mol. The molecule has 0 aliphatic rings. The Morgan fingerprint density at radius 1 is 0.900 bits per heavy atom. The molecule has 0 aliphatic carbocycles. The minimum Gasteiger partial charge on any atom is -0.480 e. The van der Waals surface area contributed by atoms with Gasteiger partial charge in [0.1, 0.15) is 18.6 Å². The molecule has 30 heavy (non-hydrogen) atoms. The molecule has 0 saturated heterocycles. The van der Waals surface area contributed by atoms with E-state index in [4.69, 9.17) is 10.8 Å². The van der Waals surface area contributed by atoms with Gasteiger partial charge in [0.05, 0.1) is 6.04 Å². The fourth-order valence-electron chi connectivity index (χ4n) is 2.69. The van der Waals surface area contributed by atoms with Crippen LogP contribution in [0.5, 0.6) is 0 Å². The summed E-state index contributed by atoms with van der Waals surface area (Å²) in [4.78, 5) is 48.5. The third-order valence-corrected chi connectivity index (χ3v) is 4.60. The van der Waals surface area contributed by atoms with E-state index < -0.39 is 48.4 Å². The first kappa shape index (κ1) is 25.1. The van der Waals surface area contributed by atoms with Gasteiger partial charge in [-0.3, -0.25) is 19.2 Å². The first-order valence-corrected chi connectivity index (χ1v) is 9.92. The van der Waals surface area contributed by atoms with E-state index in [9.17, 15) is 19.2 Å². The Kier molecular flexibility index (Phi) is 9.97. The number of aliphatic carboxylic acids is 1. The summed E-state index contributed by atoms with van der Waals surface area (Å²) in [6.07, 6.45) is 0.169. The van der Waals surface area contributed by atoms with Crippen molar-refractivity contribution in [2.24, 2.45) is 17.6 Å². The monoisotopic (exact) mass is 420 g/mol. The molecule has 3 amide bonds. The topological polar surface area (TPSA) is 151 Å². The average molecular weight is 421 g/mol. The number of rotatable bonds is 11. The smallest absolute Gasteiger partial charge is 0.322 e. The maximum absolute atomic E-state index is 12.9. The molecule has 0 fully saturated rings. The predicted octanol–water partition coefficient (Wildman–Crippen LogP) is 0.0388. The Morgan fingerprint density at radius 3 is 2.00 bits per heavy atom. The van der Waals surface area contributed by atoms with Crippen LogP contribution in [0.1, 0.15) is 33.3 Å². The van der Waals surface area contributed by atoms with Crippen molar-refractivity contribution in [3.8, 4) is 0 Å². The SMILES string of the molecule is CC(C)C(N)C(=O)NC(C(=O)NC(Cc1ccccc1)C(=O)NCC(=O)O)C(C)C. The number of hydrogen-bond acceptors (Lipinski definition) is 5. The number of nitrogens with one attached hydrogen (secondary N) is 3. The summed E-state index contributed by atoms with van der Waals surface area (Å²) in [5, 5.41) is 16.4. The highest BCUT2D eigenvalue weighted by atomic mass is 16.4. The van der Waals surface area contributed by atoms with Gasteiger partial charge in [-0.15, -0.1) is 0 Å². The van der Waals surface area contributed by atoms with Crippen molar-refractivity contribution in [3.63, 3.8) is 0 Å². The van der Waals surface area contributed by atoms with Gasteiger partial charge in [-0.05, 0) is 17.4 Å². The molecule has 6 N–H and O–H groups in total. The summed E-state index contributed by atoms with van der Waals surface area (Å²) in [5.41, 5.74) is 6.66. The largest absolute Gasteiger partial charge is 0.480 e. The molecule has 3 atom stereocenters. The highest BCUT2D eigenvalue weighted by molar-refractivity contribution is 5.94. The summed E-state index contributed by atoms with van der Waals surface area (Å²) in [7, 11) is 0. The molecule has 1 aromatic carbocycles. The van der Waals surface area contributed by atoms with E-state index in [1.54, 1.807) is 52.0 Å². The Labute approximate surface area is 176 Å². The summed E-state index contributed by atoms with van der Waals surface area (Å²) in [5.74, 6) is -3.17. The second-order valence-electron chi connectivity index (χ2n) is 7.86. The van der Waals surface area contributed by atoms with E-state index in [0.717, 1.165) is 5.56 Å². The van der Waals surface area contributed by atoms with Gasteiger partial charge >= 0.3 is 5.97 Å². The molecule has 0 heterocycles. The van der Waals surface area contributed by atoms with Crippen LogP contribution in [0.4, 0.5) is 0 Å². The lowest BCUT2D eigenvalue weighted by molar-refractivity contribution is -0.138. The third-order valence-electron chi connectivity index (χ3n) is 4.60. The summed E-state index contributed by atoms with van der Waals surface area (Å²) in [6.45, 7) is 6.58. The first-order chi connectivity index (χ1) is 14.0. The van der Waals surface area contributed by atoms with Gasteiger partial charge in [-0.25, -0.2) is 0 Å². The number of carboxylic acids is 1. The van der Waals surface area contributed by atoms with Gasteiger partial charge in [0, 0.05) is 6.42 Å². The third kappa shape index (κ3) is 8.20. The molecule has 0 bridgehead atoms. The van der Waals surface area contributed by atoms with Crippen LogP contribution >= 0.6 is 0 Å². The highest BCUT2D eigenvalue weighted by Crippen LogP contribution is 2.08. The standard InChI is InChI=1S/C21H32N4O5/c1-12(2)17(22)20(29)25-18(13(3)4)21(30)24-15(19(28)23-11-16(26)27)10-14-8-6-5-7-9-14/h5-9,12-13,15,17-18H,10-11,22H2,1-4H3,(H,23,28)(H,24,30)(H,25,29)(H,26,27). The Bertz CT molecular complexity index is 736. The van der Waals surface area contributed by atoms with Crippen LogP contribution < -0.4 is 21.7 Å². The van der Waals surface area contributed by atoms with Gasteiger partial charge in [0.2, 0.25) is 17.7 Å². The molecule has 1 aromatic rings. The number of nitrogens with two attached hydrogens (primary N) is 1. The molecule has 0 radical (unpaired) electrons. The van der Waals surface area contributed by atoms with Gasteiger partial charge in [0.25, 0.3) is 0 Å². The summed E-state index contributed by atoms with van der Waals surface area (Å²) >= 11 is 0. The van der Waals surface area contributed by atoms with E-state index in [2.05, 4.69) is 16.0 Å². The molecular weight excluding hydrogens is 388 g/mol. The van der Waals surface area contributed by atoms with E-state index in [0.29, 0.717) is 0 Å². The zero-order valence-electron chi connectivity index (χ0n) is 17.8. The van der Waals surface area contributed by atoms with Gasteiger partial charge < -0.3 is 26.8 Å². The van der Waals surface area contributed by atoms with Crippen molar-refractivity contribution in [1.82, 2.24) is 16.0 Å². The van der Waals surface area contributed by atoms with Crippen molar-refractivity contribution < 1.29 is 24.3 Å². The Morgan fingerprint density at radius 2 is 1.50 bits per heavy atom. The maximum atomic E-state index is 12.9. The summed E-state index contributed by atoms with van der Waals surface area (Å²) in [6, 6.07) is 6.35. The van der Waals surface area contributed by atoms with Crippen LogP contribution in [0.2, 0.25) is 0 Å². The molecule has 1 rings (SSSR count). The van der Waals surface area contributed by atoms with Gasteiger partial charge in [-0.1, -0.05) is 58.0 Å². The number of benzene rings is 1. The quantitative estimate of drug-likeness (QED) is 0.341. The summed E-state index contributed by atoms with van der Waals surface area (Å²) < 4.78 is 0. The maximum Gasteiger partial charge on any atom is 0.322 e. The van der Waals surface area contributed by atoms with E-state index in [-0.39, 0.29) is 18.3 Å². The second kappa shape index (κ2) is 11.9. The molecule has 9 heteroatoms. The minimum atomic E-state index is -1.19. The minimum absolute atomic E-state index is 0.103. The lowest BCUT2D eigenvalue weighted by atomic mass is 9.99. The lowest BCUT2D eigenvalue weighted by Gasteiger charge is -2.27. The first-order valence-electron chi connectivity index (χ1n) is 9.92. The number of carboxylic acid groups (broad SMARTS) is 1. The molecule has 0 spiro atoms. The van der Waals surface area contributed by atoms with Crippen molar-refractivity contribution >= 4 is 23.7 Å². The molecular formula is C21H32N4O5. The lowest BCUT2D eigenvalue weighted by Crippen LogP contribution is -2.58. The van der Waals surface area contributed by atoms with Crippen molar-refractivity contribution in [1.29, 1.82) is 0 Å². The number of carbonyl (C=O) groups is 4. The fourth-order valence-corrected chi connectivity index (χ4v) is 2.69. The molecule has 0 aromatic heterocycles. The molecule has 166 valence electrons. The molecule has 3 unspecified atom stereocenters. The zero-order chi connectivity index (χ0) is 22.8. The molecule has 9 nitrogen and oxygen atoms in total. The van der Waals surface area contributed by atoms with E-state index >= 15 is 0 Å². The normalized spacial score (nSPS) is 14.0. The number of amides is 3. The van der Waals surface area contributed by atoms with E-state index in [1.807, 2.05) is 6.07 Å². The van der Waals surface area contributed by atoms with Gasteiger partial charge in [-0.2, -0.15) is 0 Å². The fraction of sp³-hybridized carbons (Fsp3) is 0.524. The molecule has 0 saturated carbocycles. The zero-order valence-corrected chi connectivity index (χ0v) is 17.8. The second-order valence-corrected chi connectivity index (χ2v) is 7.86. The van der Waals surface area contributed by atoms with Crippen LogP contribution in [0.25, 0.3) is 0 Å². The van der Waals surface area contributed by atoms with Crippen LogP contribution in [0.15, 0.2) is 30.3 Å².